The van der Waals surface area contributed by atoms with E-state index in [2.05, 4.69) is 17.2 Å². The molecule has 1 aromatic rings. The third-order valence-electron chi connectivity index (χ3n) is 2.32. The van der Waals surface area contributed by atoms with Crippen LogP contribution in [0.15, 0.2) is 12.5 Å². The van der Waals surface area contributed by atoms with Gasteiger partial charge in [-0.3, -0.25) is 0 Å². The van der Waals surface area contributed by atoms with Gasteiger partial charge in [0, 0.05) is 6.54 Å². The SMILES string of the molecule is CCCn1cncc1C(NC)C(=O)OCC. The van der Waals surface area contributed by atoms with E-state index in [1.807, 2.05) is 4.57 Å². The number of rotatable bonds is 6. The van der Waals surface area contributed by atoms with Crippen molar-refractivity contribution in [3.8, 4) is 0 Å². The molecule has 0 bridgehead atoms. The molecule has 0 saturated carbocycles. The Kier molecular flexibility index (Phi) is 4.98. The number of imidazole rings is 1. The Morgan fingerprint density at radius 1 is 1.62 bits per heavy atom. The van der Waals surface area contributed by atoms with Crippen LogP contribution in [0.1, 0.15) is 32.0 Å². The number of nitrogens with one attached hydrogen (secondary N) is 1. The molecule has 0 aliphatic rings. The monoisotopic (exact) mass is 225 g/mol. The highest BCUT2D eigenvalue weighted by atomic mass is 16.5. The van der Waals surface area contributed by atoms with Crippen molar-refractivity contribution in [2.24, 2.45) is 0 Å². The Labute approximate surface area is 95.8 Å². The number of carbonyl (C=O) groups excluding carboxylic acids is 1. The van der Waals surface area contributed by atoms with Gasteiger partial charge in [0.05, 0.1) is 24.8 Å². The van der Waals surface area contributed by atoms with Gasteiger partial charge in [0.25, 0.3) is 0 Å². The van der Waals surface area contributed by atoms with E-state index in [1.165, 1.54) is 0 Å². The second-order valence-corrected chi connectivity index (χ2v) is 3.49. The van der Waals surface area contributed by atoms with E-state index in [9.17, 15) is 4.79 Å². The molecule has 0 aliphatic heterocycles. The molecule has 1 unspecified atom stereocenters. The van der Waals surface area contributed by atoms with Crippen molar-refractivity contribution in [1.29, 1.82) is 0 Å². The lowest BCUT2D eigenvalue weighted by atomic mass is 10.2. The maximum atomic E-state index is 11.7. The number of likely N-dealkylation sites (N-methyl/N-ethyl adjacent to an activating group) is 1. The zero-order valence-corrected chi connectivity index (χ0v) is 10.1. The highest BCUT2D eigenvalue weighted by Crippen LogP contribution is 2.14. The summed E-state index contributed by atoms with van der Waals surface area (Å²) in [6.07, 6.45) is 4.44. The van der Waals surface area contributed by atoms with Crippen LogP contribution in [-0.2, 0) is 16.1 Å². The third-order valence-corrected chi connectivity index (χ3v) is 2.32. The van der Waals surface area contributed by atoms with Crippen LogP contribution in [-0.4, -0.2) is 29.2 Å². The number of aryl methyl sites for hydroxylation is 1. The van der Waals surface area contributed by atoms with Gasteiger partial charge in [-0.05, 0) is 20.4 Å². The molecule has 1 atom stereocenters. The van der Waals surface area contributed by atoms with Crippen molar-refractivity contribution in [3.05, 3.63) is 18.2 Å². The molecule has 1 aromatic heterocycles. The number of hydrogen-bond donors (Lipinski definition) is 1. The summed E-state index contributed by atoms with van der Waals surface area (Å²) < 4.78 is 6.98. The summed E-state index contributed by atoms with van der Waals surface area (Å²) in [6, 6.07) is -0.436. The Morgan fingerprint density at radius 2 is 2.38 bits per heavy atom. The first-order valence-electron chi connectivity index (χ1n) is 5.58. The fourth-order valence-electron chi connectivity index (χ4n) is 1.61. The number of carbonyl (C=O) groups is 1. The standard InChI is InChI=1S/C11H19N3O2/c1-4-6-14-8-13-7-9(14)10(12-3)11(15)16-5-2/h7-8,10,12H,4-6H2,1-3H3. The first kappa shape index (κ1) is 12.7. The minimum absolute atomic E-state index is 0.261. The Balaban J connectivity index is 2.85. The van der Waals surface area contributed by atoms with Gasteiger partial charge in [-0.2, -0.15) is 0 Å². The number of ether oxygens (including phenoxy) is 1. The summed E-state index contributed by atoms with van der Waals surface area (Å²) in [5.74, 6) is -0.261. The van der Waals surface area contributed by atoms with Gasteiger partial charge in [0.1, 0.15) is 6.04 Å². The van der Waals surface area contributed by atoms with Crippen LogP contribution in [0.5, 0.6) is 0 Å². The number of hydrogen-bond acceptors (Lipinski definition) is 4. The van der Waals surface area contributed by atoms with Crippen molar-refractivity contribution in [1.82, 2.24) is 14.9 Å². The Bertz CT molecular complexity index is 336. The first-order chi connectivity index (χ1) is 7.74. The van der Waals surface area contributed by atoms with Crippen molar-refractivity contribution in [3.63, 3.8) is 0 Å². The third kappa shape index (κ3) is 2.82. The summed E-state index contributed by atoms with van der Waals surface area (Å²) in [5.41, 5.74) is 0.850. The van der Waals surface area contributed by atoms with E-state index in [0.29, 0.717) is 6.61 Å². The van der Waals surface area contributed by atoms with Gasteiger partial charge in [0.2, 0.25) is 0 Å². The molecule has 16 heavy (non-hydrogen) atoms. The van der Waals surface area contributed by atoms with Crippen LogP contribution >= 0.6 is 0 Å². The van der Waals surface area contributed by atoms with Crippen molar-refractivity contribution >= 4 is 5.97 Å². The molecule has 5 heteroatoms. The molecule has 0 fully saturated rings. The van der Waals surface area contributed by atoms with Crippen LogP contribution in [0, 0.1) is 0 Å². The fraction of sp³-hybridized carbons (Fsp3) is 0.636. The van der Waals surface area contributed by atoms with Gasteiger partial charge >= 0.3 is 5.97 Å². The first-order valence-corrected chi connectivity index (χ1v) is 5.58. The summed E-state index contributed by atoms with van der Waals surface area (Å²) in [4.78, 5) is 15.8. The second-order valence-electron chi connectivity index (χ2n) is 3.49. The topological polar surface area (TPSA) is 56.2 Å². The zero-order chi connectivity index (χ0) is 12.0. The summed E-state index contributed by atoms with van der Waals surface area (Å²) in [5, 5.41) is 2.95. The smallest absolute Gasteiger partial charge is 0.329 e. The molecule has 90 valence electrons. The van der Waals surface area contributed by atoms with Gasteiger partial charge in [-0.15, -0.1) is 0 Å². The summed E-state index contributed by atoms with van der Waals surface area (Å²) in [6.45, 7) is 5.13. The number of esters is 1. The Morgan fingerprint density at radius 3 is 2.94 bits per heavy atom. The van der Waals surface area contributed by atoms with E-state index in [1.54, 1.807) is 26.5 Å². The average Bonchev–Trinajstić information content (AvgIpc) is 2.69. The highest BCUT2D eigenvalue weighted by molar-refractivity contribution is 5.77. The lowest BCUT2D eigenvalue weighted by Gasteiger charge is -2.16. The maximum Gasteiger partial charge on any atom is 0.329 e. The largest absolute Gasteiger partial charge is 0.465 e. The van der Waals surface area contributed by atoms with Crippen LogP contribution in [0.4, 0.5) is 0 Å². The minimum Gasteiger partial charge on any atom is -0.465 e. The molecule has 0 spiro atoms. The van der Waals surface area contributed by atoms with E-state index in [0.717, 1.165) is 18.7 Å². The predicted molar refractivity (Wildman–Crippen MR) is 61.0 cm³/mol. The zero-order valence-electron chi connectivity index (χ0n) is 10.1. The summed E-state index contributed by atoms with van der Waals surface area (Å²) in [7, 11) is 1.74. The van der Waals surface area contributed by atoms with E-state index >= 15 is 0 Å². The van der Waals surface area contributed by atoms with Crippen molar-refractivity contribution in [2.45, 2.75) is 32.9 Å². The van der Waals surface area contributed by atoms with Crippen LogP contribution in [0.25, 0.3) is 0 Å². The molecule has 1 rings (SSSR count). The van der Waals surface area contributed by atoms with Crippen LogP contribution in [0.2, 0.25) is 0 Å². The van der Waals surface area contributed by atoms with Crippen LogP contribution in [0.3, 0.4) is 0 Å². The van der Waals surface area contributed by atoms with E-state index < -0.39 is 6.04 Å². The molecule has 5 nitrogen and oxygen atoms in total. The lowest BCUT2D eigenvalue weighted by molar-refractivity contribution is -0.145. The molecule has 1 N–H and O–H groups in total. The van der Waals surface area contributed by atoms with Crippen molar-refractivity contribution in [2.75, 3.05) is 13.7 Å². The number of aromatic nitrogens is 2. The van der Waals surface area contributed by atoms with Gasteiger partial charge in [-0.25, -0.2) is 9.78 Å². The quantitative estimate of drug-likeness (QED) is 0.737. The molecule has 0 aliphatic carbocycles. The maximum absolute atomic E-state index is 11.7. The van der Waals surface area contributed by atoms with Gasteiger partial charge in [-0.1, -0.05) is 6.92 Å². The second kappa shape index (κ2) is 6.27. The Hall–Kier alpha value is -1.36. The van der Waals surface area contributed by atoms with Gasteiger partial charge in [0.15, 0.2) is 0 Å². The lowest BCUT2D eigenvalue weighted by Crippen LogP contribution is -2.29. The molecule has 0 aromatic carbocycles. The van der Waals surface area contributed by atoms with Gasteiger partial charge < -0.3 is 14.6 Å². The predicted octanol–water partition coefficient (Wildman–Crippen LogP) is 1.12. The molecule has 0 amide bonds. The average molecular weight is 225 g/mol. The molecule has 0 saturated heterocycles. The highest BCUT2D eigenvalue weighted by Gasteiger charge is 2.23. The van der Waals surface area contributed by atoms with Crippen molar-refractivity contribution < 1.29 is 9.53 Å². The molecular formula is C11H19N3O2. The molecular weight excluding hydrogens is 206 g/mol. The molecule has 1 heterocycles. The minimum atomic E-state index is -0.436. The fourth-order valence-corrected chi connectivity index (χ4v) is 1.61. The summed E-state index contributed by atoms with van der Waals surface area (Å²) >= 11 is 0. The van der Waals surface area contributed by atoms with E-state index in [4.69, 9.17) is 4.74 Å². The van der Waals surface area contributed by atoms with E-state index in [-0.39, 0.29) is 5.97 Å². The van der Waals surface area contributed by atoms with Crippen LogP contribution < -0.4 is 5.32 Å². The molecule has 0 radical (unpaired) electrons. The number of nitrogens with zero attached hydrogens (tertiary/aromatic N) is 2. The normalized spacial score (nSPS) is 12.4.